The molecule has 114 valence electrons. The van der Waals surface area contributed by atoms with Crippen LogP contribution in [0, 0.1) is 5.92 Å². The van der Waals surface area contributed by atoms with E-state index in [9.17, 15) is 18.0 Å². The van der Waals surface area contributed by atoms with Crippen molar-refractivity contribution in [1.29, 1.82) is 0 Å². The summed E-state index contributed by atoms with van der Waals surface area (Å²) in [6, 6.07) is -0.518. The molecule has 1 atom stereocenters. The van der Waals surface area contributed by atoms with Gasteiger partial charge in [-0.25, -0.2) is 0 Å². The molecule has 0 aliphatic heterocycles. The zero-order valence-corrected chi connectivity index (χ0v) is 12.7. The maximum Gasteiger partial charge on any atom is 0.406 e. The smallest absolute Gasteiger partial charge is 0.326 e. The Bertz CT molecular complexity index is 459. The van der Waals surface area contributed by atoms with E-state index in [-0.39, 0.29) is 10.8 Å². The van der Waals surface area contributed by atoms with Crippen LogP contribution in [0.25, 0.3) is 0 Å². The van der Waals surface area contributed by atoms with E-state index in [2.05, 4.69) is 9.59 Å². The number of carbonyl (C=O) groups is 1. The molecule has 0 saturated heterocycles. The lowest BCUT2D eigenvalue weighted by molar-refractivity contribution is -0.145. The first kappa shape index (κ1) is 16.9. The molecule has 1 aromatic rings. The van der Waals surface area contributed by atoms with Crippen LogP contribution in [-0.4, -0.2) is 39.2 Å². The van der Waals surface area contributed by atoms with E-state index in [0.29, 0.717) is 12.1 Å². The average Bonchev–Trinajstić information content (AvgIpc) is 2.81. The summed E-state index contributed by atoms with van der Waals surface area (Å²) in [5.74, 6) is -0.720. The second kappa shape index (κ2) is 6.51. The Balaban J connectivity index is 3.07. The van der Waals surface area contributed by atoms with Crippen molar-refractivity contribution in [2.75, 3.05) is 6.54 Å². The predicted octanol–water partition coefficient (Wildman–Crippen LogP) is 3.15. The van der Waals surface area contributed by atoms with Gasteiger partial charge in [0, 0.05) is 6.04 Å². The van der Waals surface area contributed by atoms with Crippen LogP contribution in [0.5, 0.6) is 0 Å². The van der Waals surface area contributed by atoms with E-state index in [0.717, 1.165) is 16.4 Å². The van der Waals surface area contributed by atoms with Gasteiger partial charge >= 0.3 is 6.18 Å². The number of rotatable bonds is 5. The lowest BCUT2D eigenvalue weighted by Crippen LogP contribution is -2.46. The number of nitrogens with zero attached hydrogens (tertiary/aromatic N) is 3. The highest BCUT2D eigenvalue weighted by molar-refractivity contribution is 7.08. The molecule has 4 nitrogen and oxygen atoms in total. The third-order valence-corrected chi connectivity index (χ3v) is 3.91. The number of aryl methyl sites for hydroxylation is 1. The van der Waals surface area contributed by atoms with Gasteiger partial charge in [0.15, 0.2) is 0 Å². The first-order chi connectivity index (χ1) is 9.17. The third-order valence-electron chi connectivity index (χ3n) is 3.15. The molecule has 20 heavy (non-hydrogen) atoms. The van der Waals surface area contributed by atoms with Crippen molar-refractivity contribution in [3.8, 4) is 0 Å². The molecule has 0 N–H and O–H groups in total. The Morgan fingerprint density at radius 3 is 2.40 bits per heavy atom. The van der Waals surface area contributed by atoms with Gasteiger partial charge in [0.2, 0.25) is 0 Å². The van der Waals surface area contributed by atoms with E-state index in [1.807, 2.05) is 0 Å². The van der Waals surface area contributed by atoms with Crippen molar-refractivity contribution in [3.63, 3.8) is 0 Å². The summed E-state index contributed by atoms with van der Waals surface area (Å²) in [6.45, 7) is 5.72. The van der Waals surface area contributed by atoms with Crippen LogP contribution in [0.3, 0.4) is 0 Å². The summed E-state index contributed by atoms with van der Waals surface area (Å²) in [6.07, 6.45) is -3.96. The molecule has 1 heterocycles. The fraction of sp³-hybridized carbons (Fsp3) is 0.750. The van der Waals surface area contributed by atoms with Crippen LogP contribution in [0.4, 0.5) is 13.2 Å². The second-order valence-corrected chi connectivity index (χ2v) is 5.69. The first-order valence-electron chi connectivity index (χ1n) is 6.36. The Morgan fingerprint density at radius 1 is 1.35 bits per heavy atom. The van der Waals surface area contributed by atoms with Crippen molar-refractivity contribution in [2.24, 2.45) is 5.92 Å². The van der Waals surface area contributed by atoms with E-state index < -0.39 is 24.7 Å². The second-order valence-electron chi connectivity index (χ2n) is 4.94. The van der Waals surface area contributed by atoms with Crippen LogP contribution in [0.15, 0.2) is 0 Å². The van der Waals surface area contributed by atoms with Crippen molar-refractivity contribution in [1.82, 2.24) is 14.5 Å². The van der Waals surface area contributed by atoms with E-state index in [1.54, 1.807) is 27.7 Å². The van der Waals surface area contributed by atoms with Crippen LogP contribution in [0.2, 0.25) is 0 Å². The fourth-order valence-electron chi connectivity index (χ4n) is 1.69. The largest absolute Gasteiger partial charge is 0.406 e. The maximum atomic E-state index is 12.7. The monoisotopic (exact) mass is 309 g/mol. The Kier molecular flexibility index (Phi) is 5.50. The van der Waals surface area contributed by atoms with Gasteiger partial charge in [-0.2, -0.15) is 13.2 Å². The summed E-state index contributed by atoms with van der Waals surface area (Å²) in [5.41, 5.74) is 0.447. The Hall–Kier alpha value is -1.18. The lowest BCUT2D eigenvalue weighted by Gasteiger charge is -2.32. The maximum absolute atomic E-state index is 12.7. The summed E-state index contributed by atoms with van der Waals surface area (Å²) < 4.78 is 41.7. The number of aromatic nitrogens is 2. The normalized spacial score (nSPS) is 13.6. The fourth-order valence-corrected chi connectivity index (χ4v) is 2.39. The highest BCUT2D eigenvalue weighted by Gasteiger charge is 2.37. The molecule has 1 unspecified atom stereocenters. The number of hydrogen-bond acceptors (Lipinski definition) is 4. The van der Waals surface area contributed by atoms with Gasteiger partial charge in [-0.15, -0.1) is 5.10 Å². The molecule has 0 aromatic carbocycles. The van der Waals surface area contributed by atoms with Gasteiger partial charge in [-0.3, -0.25) is 4.79 Å². The molecule has 1 amide bonds. The van der Waals surface area contributed by atoms with Gasteiger partial charge in [0.05, 0.1) is 5.69 Å². The number of hydrogen-bond donors (Lipinski definition) is 0. The highest BCUT2D eigenvalue weighted by atomic mass is 32.1. The summed E-state index contributed by atoms with van der Waals surface area (Å²) in [5, 5.41) is 3.78. The number of halogens is 3. The minimum absolute atomic E-state index is 0.0766. The predicted molar refractivity (Wildman–Crippen MR) is 70.7 cm³/mol. The van der Waals surface area contributed by atoms with Crippen molar-refractivity contribution < 1.29 is 18.0 Å². The average molecular weight is 309 g/mol. The van der Waals surface area contributed by atoms with Crippen LogP contribution >= 0.6 is 11.5 Å². The molecule has 0 aliphatic rings. The molecule has 0 saturated carbocycles. The quantitative estimate of drug-likeness (QED) is 0.839. The summed E-state index contributed by atoms with van der Waals surface area (Å²) >= 11 is 0.846. The summed E-state index contributed by atoms with van der Waals surface area (Å²) in [4.78, 5) is 13.4. The van der Waals surface area contributed by atoms with Gasteiger partial charge in [0.1, 0.15) is 11.4 Å². The lowest BCUT2D eigenvalue weighted by atomic mass is 10.0. The molecular formula is C12H18F3N3OS. The van der Waals surface area contributed by atoms with Crippen molar-refractivity contribution in [3.05, 3.63) is 10.6 Å². The third kappa shape index (κ3) is 4.16. The number of alkyl halides is 3. The topological polar surface area (TPSA) is 46.1 Å². The van der Waals surface area contributed by atoms with Crippen LogP contribution in [-0.2, 0) is 6.42 Å². The van der Waals surface area contributed by atoms with Gasteiger partial charge < -0.3 is 4.90 Å². The molecule has 1 rings (SSSR count). The molecule has 8 heteroatoms. The number of carbonyl (C=O) groups excluding carboxylic acids is 1. The van der Waals surface area contributed by atoms with Crippen molar-refractivity contribution >= 4 is 17.4 Å². The van der Waals surface area contributed by atoms with Gasteiger partial charge in [0.25, 0.3) is 5.91 Å². The summed E-state index contributed by atoms with van der Waals surface area (Å²) in [7, 11) is 0. The van der Waals surface area contributed by atoms with Crippen LogP contribution in [0.1, 0.15) is 43.1 Å². The molecule has 0 spiro atoms. The van der Waals surface area contributed by atoms with Crippen LogP contribution < -0.4 is 0 Å². The number of amides is 1. The zero-order chi connectivity index (χ0) is 15.5. The minimum atomic E-state index is -4.43. The highest BCUT2D eigenvalue weighted by Crippen LogP contribution is 2.24. The zero-order valence-electron chi connectivity index (χ0n) is 11.9. The molecule has 0 aliphatic carbocycles. The molecule has 0 bridgehead atoms. The Labute approximate surface area is 120 Å². The van der Waals surface area contributed by atoms with E-state index >= 15 is 0 Å². The van der Waals surface area contributed by atoms with E-state index in [4.69, 9.17) is 0 Å². The Morgan fingerprint density at radius 2 is 1.95 bits per heavy atom. The van der Waals surface area contributed by atoms with Gasteiger partial charge in [-0.1, -0.05) is 25.3 Å². The van der Waals surface area contributed by atoms with Gasteiger partial charge in [-0.05, 0) is 30.8 Å². The molecule has 1 aromatic heterocycles. The molecule has 0 fully saturated rings. The molecular weight excluding hydrogens is 291 g/mol. The standard InChI is InChI=1S/C12H18F3N3OS/c1-5-9-10(20-17-16-9)11(19)18(6-12(13,14)15)8(4)7(2)3/h7-8H,5-6H2,1-4H3. The minimum Gasteiger partial charge on any atom is -0.326 e. The first-order valence-corrected chi connectivity index (χ1v) is 7.13. The van der Waals surface area contributed by atoms with E-state index in [1.165, 1.54) is 0 Å². The SMILES string of the molecule is CCc1nnsc1C(=O)N(CC(F)(F)F)C(C)C(C)C. The molecule has 0 radical (unpaired) electrons. The van der Waals surface area contributed by atoms with Crippen molar-refractivity contribution in [2.45, 2.75) is 46.3 Å².